The average molecular weight is 457 g/mol. The number of benzene rings is 2. The molecular formula is C19H20N3O3Sn. The van der Waals surface area contributed by atoms with Gasteiger partial charge in [-0.15, -0.1) is 0 Å². The van der Waals surface area contributed by atoms with Gasteiger partial charge < -0.3 is 0 Å². The number of hydrogen-bond acceptors (Lipinski definition) is 3. The third-order valence-corrected chi connectivity index (χ3v) is 8.40. The number of carbonyl (C=O) groups excluding carboxylic acids is 1. The first-order valence-corrected chi connectivity index (χ1v) is 15.4. The number of aromatic nitrogens is 2. The van der Waals surface area contributed by atoms with Crippen LogP contribution in [0.15, 0.2) is 65.7 Å². The fraction of sp³-hybridized carbons (Fsp3) is 0.158. The van der Waals surface area contributed by atoms with Crippen molar-refractivity contribution in [2.45, 2.75) is 16.4 Å². The zero-order chi connectivity index (χ0) is 18.7. The predicted octanol–water partition coefficient (Wildman–Crippen LogP) is 1.77. The molecule has 133 valence electrons. The Kier molecular flexibility index (Phi) is 5.63. The molecule has 0 aliphatic rings. The van der Waals surface area contributed by atoms with Crippen LogP contribution in [0.4, 0.5) is 0 Å². The molecule has 0 atom stereocenters. The van der Waals surface area contributed by atoms with Crippen molar-refractivity contribution in [2.75, 3.05) is 0 Å². The van der Waals surface area contributed by atoms with Crippen LogP contribution >= 0.6 is 0 Å². The van der Waals surface area contributed by atoms with Crippen LogP contribution < -0.4 is 14.7 Å². The van der Waals surface area contributed by atoms with E-state index in [1.807, 2.05) is 6.07 Å². The SMILES string of the molecule is [CH3][Sn]([CH3])[c]1cccc(Cn2ccn(-c3ccc(C(=O)NO)cc3)c2=O)c1. The summed E-state index contributed by atoms with van der Waals surface area (Å²) in [5.41, 5.74) is 3.56. The zero-order valence-corrected chi connectivity index (χ0v) is 17.5. The molecule has 0 bridgehead atoms. The van der Waals surface area contributed by atoms with Crippen LogP contribution in [0.5, 0.6) is 0 Å². The molecule has 2 aromatic carbocycles. The summed E-state index contributed by atoms with van der Waals surface area (Å²) in [6.45, 7) is 0.529. The topological polar surface area (TPSA) is 76.3 Å². The number of imidazole rings is 1. The summed E-state index contributed by atoms with van der Waals surface area (Å²) in [7, 11) is 0. The van der Waals surface area contributed by atoms with E-state index in [1.54, 1.807) is 46.7 Å². The second kappa shape index (κ2) is 7.92. The Morgan fingerprint density at radius 2 is 1.85 bits per heavy atom. The molecule has 1 radical (unpaired) electrons. The Bertz CT molecular complexity index is 974. The van der Waals surface area contributed by atoms with Crippen molar-refractivity contribution in [3.8, 4) is 5.69 Å². The van der Waals surface area contributed by atoms with E-state index in [0.717, 1.165) is 5.56 Å². The molecule has 0 saturated carbocycles. The molecule has 3 aromatic rings. The van der Waals surface area contributed by atoms with Gasteiger partial charge >= 0.3 is 143 Å². The average Bonchev–Trinajstić information content (AvgIpc) is 3.02. The van der Waals surface area contributed by atoms with Gasteiger partial charge in [-0.05, 0) is 0 Å². The Morgan fingerprint density at radius 3 is 2.50 bits per heavy atom. The molecule has 1 heterocycles. The molecule has 1 aromatic heterocycles. The number of nitrogens with one attached hydrogen (secondary N) is 1. The summed E-state index contributed by atoms with van der Waals surface area (Å²) in [5.74, 6) is -0.587. The molecule has 2 N–H and O–H groups in total. The monoisotopic (exact) mass is 458 g/mol. The van der Waals surface area contributed by atoms with Gasteiger partial charge in [-0.25, -0.2) is 5.48 Å². The van der Waals surface area contributed by atoms with Gasteiger partial charge in [-0.2, -0.15) is 0 Å². The van der Waals surface area contributed by atoms with E-state index in [-0.39, 0.29) is 5.69 Å². The molecule has 3 rings (SSSR count). The molecule has 1 amide bonds. The van der Waals surface area contributed by atoms with Crippen molar-refractivity contribution in [1.29, 1.82) is 0 Å². The minimum absolute atomic E-state index is 0.137. The number of amides is 1. The van der Waals surface area contributed by atoms with Crippen LogP contribution in [0.2, 0.25) is 9.88 Å². The van der Waals surface area contributed by atoms with Crippen molar-refractivity contribution in [3.63, 3.8) is 0 Å². The Hall–Kier alpha value is -2.32. The number of nitrogens with zero attached hydrogens (tertiary/aromatic N) is 2. The van der Waals surface area contributed by atoms with Crippen LogP contribution in [0.1, 0.15) is 15.9 Å². The molecule has 0 unspecified atom stereocenters. The van der Waals surface area contributed by atoms with Crippen molar-refractivity contribution in [3.05, 3.63) is 82.5 Å². The standard InChI is InChI=1S/C17H14N3O3.2CH3.Sn/c21-16(18-23)14-6-8-15(9-7-14)20-11-10-19(17(20)22)12-13-4-2-1-3-5-13;;;/h1-2,4-11,23H,12H2,(H,18,21);2*1H3;. The van der Waals surface area contributed by atoms with Crippen molar-refractivity contribution < 1.29 is 10.0 Å². The van der Waals surface area contributed by atoms with Crippen molar-refractivity contribution >= 4 is 29.2 Å². The summed E-state index contributed by atoms with van der Waals surface area (Å²) in [6.07, 6.45) is 3.48. The summed E-state index contributed by atoms with van der Waals surface area (Å²) in [4.78, 5) is 28.7. The maximum absolute atomic E-state index is 12.7. The summed E-state index contributed by atoms with van der Waals surface area (Å²) >= 11 is -1.43. The molecule has 0 aliphatic heterocycles. The van der Waals surface area contributed by atoms with E-state index in [2.05, 4.69) is 28.1 Å². The Morgan fingerprint density at radius 1 is 1.12 bits per heavy atom. The van der Waals surface area contributed by atoms with Crippen molar-refractivity contribution in [2.24, 2.45) is 0 Å². The van der Waals surface area contributed by atoms with Crippen LogP contribution in [0, 0.1) is 0 Å². The van der Waals surface area contributed by atoms with Gasteiger partial charge in [0.1, 0.15) is 0 Å². The number of hydrogen-bond donors (Lipinski definition) is 2. The van der Waals surface area contributed by atoms with Gasteiger partial charge in [0.2, 0.25) is 0 Å². The van der Waals surface area contributed by atoms with Crippen LogP contribution in [0.25, 0.3) is 5.69 Å². The van der Waals surface area contributed by atoms with Crippen LogP contribution in [-0.4, -0.2) is 40.0 Å². The van der Waals surface area contributed by atoms with E-state index in [9.17, 15) is 9.59 Å². The summed E-state index contributed by atoms with van der Waals surface area (Å²) < 4.78 is 4.64. The van der Waals surface area contributed by atoms with E-state index in [1.165, 1.54) is 8.15 Å². The molecule has 0 saturated heterocycles. The maximum atomic E-state index is 12.7. The van der Waals surface area contributed by atoms with Gasteiger partial charge in [0, 0.05) is 0 Å². The van der Waals surface area contributed by atoms with E-state index in [4.69, 9.17) is 5.21 Å². The quantitative estimate of drug-likeness (QED) is 0.349. The van der Waals surface area contributed by atoms with Gasteiger partial charge in [-0.3, -0.25) is 10.0 Å². The fourth-order valence-electron chi connectivity index (χ4n) is 2.75. The number of rotatable bonds is 5. The van der Waals surface area contributed by atoms with Gasteiger partial charge in [-0.1, -0.05) is 0 Å². The summed E-state index contributed by atoms with van der Waals surface area (Å²) in [5, 5.41) is 8.66. The van der Waals surface area contributed by atoms with Crippen LogP contribution in [-0.2, 0) is 6.54 Å². The first kappa shape index (κ1) is 18.5. The van der Waals surface area contributed by atoms with Gasteiger partial charge in [0.15, 0.2) is 0 Å². The molecule has 0 aliphatic carbocycles. The second-order valence-electron chi connectivity index (χ2n) is 6.27. The second-order valence-corrected chi connectivity index (χ2v) is 13.6. The third-order valence-electron chi connectivity index (χ3n) is 4.21. The minimum atomic E-state index is -1.43. The van der Waals surface area contributed by atoms with E-state index in [0.29, 0.717) is 17.8 Å². The Labute approximate surface area is 158 Å². The molecule has 0 spiro atoms. The molecular weight excluding hydrogens is 437 g/mol. The predicted molar refractivity (Wildman–Crippen MR) is 102 cm³/mol. The van der Waals surface area contributed by atoms with Gasteiger partial charge in [0.25, 0.3) is 0 Å². The first-order valence-electron chi connectivity index (χ1n) is 8.21. The van der Waals surface area contributed by atoms with Crippen molar-refractivity contribution in [1.82, 2.24) is 14.6 Å². The third kappa shape index (κ3) is 3.91. The molecule has 0 fully saturated rings. The number of hydroxylamine groups is 1. The summed E-state index contributed by atoms with van der Waals surface area (Å²) in [6, 6.07) is 14.9. The van der Waals surface area contributed by atoms with Crippen LogP contribution in [0.3, 0.4) is 0 Å². The normalized spacial score (nSPS) is 10.9. The zero-order valence-electron chi connectivity index (χ0n) is 14.6. The molecule has 7 heteroatoms. The van der Waals surface area contributed by atoms with Gasteiger partial charge in [0.05, 0.1) is 0 Å². The van der Waals surface area contributed by atoms with E-state index < -0.39 is 25.7 Å². The number of carbonyl (C=O) groups is 1. The first-order chi connectivity index (χ1) is 12.5. The fourth-order valence-corrected chi connectivity index (χ4v) is 5.32. The molecule has 26 heavy (non-hydrogen) atoms. The molecule has 6 nitrogen and oxygen atoms in total. The van der Waals surface area contributed by atoms with E-state index >= 15 is 0 Å². The Balaban J connectivity index is 1.85.